The Hall–Kier alpha value is -1.56. The topological polar surface area (TPSA) is 0 Å². The predicted octanol–water partition coefficient (Wildman–Crippen LogP) is 4.71. The summed E-state index contributed by atoms with van der Waals surface area (Å²) in [6.45, 7) is 2.27. The molecule has 0 radical (unpaired) electrons. The Labute approximate surface area is 103 Å². The number of hydrogen-bond donors (Lipinski definition) is 0. The second-order valence-electron chi connectivity index (χ2n) is 5.05. The molecular weight excluding hydrogens is 204 g/mol. The van der Waals surface area contributed by atoms with E-state index in [-0.39, 0.29) is 5.41 Å². The molecule has 1 unspecified atom stereocenters. The summed E-state index contributed by atoms with van der Waals surface area (Å²) >= 11 is 0. The van der Waals surface area contributed by atoms with Gasteiger partial charge in [0.05, 0.1) is 0 Å². The van der Waals surface area contributed by atoms with E-state index in [9.17, 15) is 0 Å². The Bertz CT molecular complexity index is 491. The zero-order valence-corrected chi connectivity index (χ0v) is 10.3. The van der Waals surface area contributed by atoms with E-state index in [1.807, 2.05) is 0 Å². The molecule has 1 atom stereocenters. The smallest absolute Gasteiger partial charge is 0.0171 e. The van der Waals surface area contributed by atoms with Crippen LogP contribution in [0.2, 0.25) is 0 Å². The Morgan fingerprint density at radius 1 is 1.12 bits per heavy atom. The molecule has 0 bridgehead atoms. The van der Waals surface area contributed by atoms with Gasteiger partial charge in [-0.1, -0.05) is 74.1 Å². The summed E-state index contributed by atoms with van der Waals surface area (Å²) in [7, 11) is 0. The highest BCUT2D eigenvalue weighted by atomic mass is 14.4. The van der Waals surface area contributed by atoms with Gasteiger partial charge in [-0.3, -0.25) is 0 Å². The van der Waals surface area contributed by atoms with Gasteiger partial charge in [-0.25, -0.2) is 0 Å². The highest BCUT2D eigenvalue weighted by Crippen LogP contribution is 2.49. The van der Waals surface area contributed by atoms with Crippen molar-refractivity contribution in [3.63, 3.8) is 0 Å². The second-order valence-corrected chi connectivity index (χ2v) is 5.05. The molecule has 1 aromatic rings. The van der Waals surface area contributed by atoms with Crippen LogP contribution in [0.4, 0.5) is 0 Å². The van der Waals surface area contributed by atoms with Gasteiger partial charge in [-0.15, -0.1) is 0 Å². The summed E-state index contributed by atoms with van der Waals surface area (Å²) in [5.41, 5.74) is 3.09. The van der Waals surface area contributed by atoms with E-state index in [0.717, 1.165) is 0 Å². The van der Waals surface area contributed by atoms with E-state index in [1.165, 1.54) is 24.0 Å². The largest absolute Gasteiger partial charge is 0.0752 e. The molecule has 0 saturated heterocycles. The SMILES string of the molecule is CCCC1(C2C=Cc3ccccc32)C=CC=C1. The van der Waals surface area contributed by atoms with Crippen LogP contribution in [-0.4, -0.2) is 0 Å². The molecule has 0 heterocycles. The number of benzene rings is 1. The van der Waals surface area contributed by atoms with Crippen molar-refractivity contribution in [1.82, 2.24) is 0 Å². The molecule has 17 heavy (non-hydrogen) atoms. The van der Waals surface area contributed by atoms with Crippen LogP contribution < -0.4 is 0 Å². The van der Waals surface area contributed by atoms with Crippen LogP contribution in [-0.2, 0) is 0 Å². The second kappa shape index (κ2) is 4.03. The molecule has 0 spiro atoms. The minimum atomic E-state index is 0.220. The van der Waals surface area contributed by atoms with Crippen molar-refractivity contribution in [2.24, 2.45) is 5.41 Å². The van der Waals surface area contributed by atoms with Crippen LogP contribution in [0.5, 0.6) is 0 Å². The van der Waals surface area contributed by atoms with Crippen LogP contribution in [0.15, 0.2) is 54.6 Å². The maximum Gasteiger partial charge on any atom is 0.0171 e. The molecule has 2 aliphatic rings. The van der Waals surface area contributed by atoms with Crippen molar-refractivity contribution in [3.05, 3.63) is 65.8 Å². The van der Waals surface area contributed by atoms with Gasteiger partial charge in [0.25, 0.3) is 0 Å². The van der Waals surface area contributed by atoms with Gasteiger partial charge in [0.2, 0.25) is 0 Å². The third-order valence-corrected chi connectivity index (χ3v) is 3.99. The van der Waals surface area contributed by atoms with E-state index in [2.05, 4.69) is 67.6 Å². The lowest BCUT2D eigenvalue weighted by Gasteiger charge is -2.32. The molecule has 0 heteroatoms. The highest BCUT2D eigenvalue weighted by molar-refractivity contribution is 5.64. The van der Waals surface area contributed by atoms with Crippen molar-refractivity contribution in [2.75, 3.05) is 0 Å². The Morgan fingerprint density at radius 3 is 2.65 bits per heavy atom. The van der Waals surface area contributed by atoms with E-state index in [4.69, 9.17) is 0 Å². The molecule has 0 fully saturated rings. The van der Waals surface area contributed by atoms with Gasteiger partial charge >= 0.3 is 0 Å². The summed E-state index contributed by atoms with van der Waals surface area (Å²) in [4.78, 5) is 0. The first-order valence-corrected chi connectivity index (χ1v) is 6.50. The lowest BCUT2D eigenvalue weighted by molar-refractivity contribution is 0.407. The van der Waals surface area contributed by atoms with E-state index in [1.54, 1.807) is 0 Å². The fourth-order valence-electron chi connectivity index (χ4n) is 3.21. The third kappa shape index (κ3) is 1.59. The molecule has 1 aromatic carbocycles. The molecule has 0 saturated carbocycles. The van der Waals surface area contributed by atoms with Crippen molar-refractivity contribution in [3.8, 4) is 0 Å². The summed E-state index contributed by atoms with van der Waals surface area (Å²) in [5.74, 6) is 0.522. The first-order chi connectivity index (χ1) is 8.36. The van der Waals surface area contributed by atoms with Crippen LogP contribution in [0.25, 0.3) is 6.08 Å². The minimum Gasteiger partial charge on any atom is -0.0752 e. The first kappa shape index (κ1) is 10.6. The zero-order chi connectivity index (χ0) is 11.7. The molecule has 0 aliphatic heterocycles. The fraction of sp³-hybridized carbons (Fsp3) is 0.294. The van der Waals surface area contributed by atoms with Crippen molar-refractivity contribution < 1.29 is 0 Å². The minimum absolute atomic E-state index is 0.220. The number of hydrogen-bond acceptors (Lipinski definition) is 0. The van der Waals surface area contributed by atoms with Crippen molar-refractivity contribution >= 4 is 6.08 Å². The maximum atomic E-state index is 2.38. The molecule has 2 aliphatic carbocycles. The van der Waals surface area contributed by atoms with Gasteiger partial charge in [0.1, 0.15) is 0 Å². The van der Waals surface area contributed by atoms with E-state index >= 15 is 0 Å². The summed E-state index contributed by atoms with van der Waals surface area (Å²) in [5, 5.41) is 0. The quantitative estimate of drug-likeness (QED) is 0.694. The van der Waals surface area contributed by atoms with Crippen LogP contribution >= 0.6 is 0 Å². The summed E-state index contributed by atoms with van der Waals surface area (Å²) in [6, 6.07) is 8.77. The first-order valence-electron chi connectivity index (χ1n) is 6.50. The molecule has 0 amide bonds. The third-order valence-electron chi connectivity index (χ3n) is 3.99. The average Bonchev–Trinajstić information content (AvgIpc) is 2.96. The van der Waals surface area contributed by atoms with Crippen molar-refractivity contribution in [2.45, 2.75) is 25.7 Å². The molecule has 0 N–H and O–H groups in total. The van der Waals surface area contributed by atoms with E-state index < -0.39 is 0 Å². The molecule has 0 aromatic heterocycles. The molecule has 3 rings (SSSR count). The lowest BCUT2D eigenvalue weighted by Crippen LogP contribution is -2.21. The Morgan fingerprint density at radius 2 is 1.88 bits per heavy atom. The van der Waals surface area contributed by atoms with Gasteiger partial charge in [-0.2, -0.15) is 0 Å². The standard InChI is InChI=1S/C17H18/c1-2-11-17(12-5-6-13-17)16-10-9-14-7-3-4-8-15(14)16/h3-10,12-13,16H,2,11H2,1H3. The maximum absolute atomic E-state index is 2.38. The van der Waals surface area contributed by atoms with Gasteiger partial charge < -0.3 is 0 Å². The highest BCUT2D eigenvalue weighted by Gasteiger charge is 2.36. The molecule has 86 valence electrons. The normalized spacial score (nSPS) is 23.2. The number of allylic oxidation sites excluding steroid dienone is 5. The van der Waals surface area contributed by atoms with Crippen molar-refractivity contribution in [1.29, 1.82) is 0 Å². The summed E-state index contributed by atoms with van der Waals surface area (Å²) in [6.07, 6.45) is 16.3. The lowest BCUT2D eigenvalue weighted by atomic mass is 9.71. The van der Waals surface area contributed by atoms with Gasteiger partial charge in [0, 0.05) is 11.3 Å². The predicted molar refractivity (Wildman–Crippen MR) is 73.8 cm³/mol. The monoisotopic (exact) mass is 222 g/mol. The molecule has 0 nitrogen and oxygen atoms in total. The number of rotatable bonds is 3. The number of fused-ring (bicyclic) bond motifs is 1. The van der Waals surface area contributed by atoms with Gasteiger partial charge in [0.15, 0.2) is 0 Å². The Kier molecular flexibility index (Phi) is 2.51. The van der Waals surface area contributed by atoms with E-state index in [0.29, 0.717) is 5.92 Å². The van der Waals surface area contributed by atoms with Crippen LogP contribution in [0.3, 0.4) is 0 Å². The van der Waals surface area contributed by atoms with Crippen LogP contribution in [0, 0.1) is 5.41 Å². The fourth-order valence-corrected chi connectivity index (χ4v) is 3.21. The zero-order valence-electron chi connectivity index (χ0n) is 10.3. The van der Waals surface area contributed by atoms with Gasteiger partial charge in [-0.05, 0) is 17.5 Å². The molecular formula is C17H18. The van der Waals surface area contributed by atoms with Crippen LogP contribution in [0.1, 0.15) is 36.8 Å². The average molecular weight is 222 g/mol. The Balaban J connectivity index is 2.03. The summed E-state index contributed by atoms with van der Waals surface area (Å²) < 4.78 is 0.